The average molecular weight is 214 g/mol. The first-order valence-corrected chi connectivity index (χ1v) is 6.39. The molecular weight excluding hydrogens is 192 g/mol. The number of rotatable bonds is 2. The van der Waals surface area contributed by atoms with Crippen molar-refractivity contribution in [2.24, 2.45) is 5.41 Å². The molecule has 0 bridgehead atoms. The Morgan fingerprint density at radius 2 is 2.06 bits per heavy atom. The van der Waals surface area contributed by atoms with Crippen LogP contribution >= 0.6 is 0 Å². The third-order valence-electron chi connectivity index (χ3n) is 3.68. The first-order valence-electron chi connectivity index (χ1n) is 6.39. The highest BCUT2D eigenvalue weighted by molar-refractivity contribution is 5.66. The highest BCUT2D eigenvalue weighted by Gasteiger charge is 2.21. The Bertz CT molecular complexity index is 396. The van der Waals surface area contributed by atoms with Crippen LogP contribution in [0.25, 0.3) is 5.57 Å². The maximum atomic E-state index is 2.44. The van der Waals surface area contributed by atoms with E-state index in [2.05, 4.69) is 51.1 Å². The van der Waals surface area contributed by atoms with E-state index in [0.717, 1.165) is 6.42 Å². The summed E-state index contributed by atoms with van der Waals surface area (Å²) in [6.45, 7) is 6.95. The van der Waals surface area contributed by atoms with Crippen molar-refractivity contribution < 1.29 is 0 Å². The summed E-state index contributed by atoms with van der Waals surface area (Å²) in [5.41, 5.74) is 4.94. The van der Waals surface area contributed by atoms with E-state index in [1.165, 1.54) is 30.4 Å². The fourth-order valence-electron chi connectivity index (χ4n) is 2.33. The zero-order valence-corrected chi connectivity index (χ0v) is 10.7. The number of hydrogen-bond donors (Lipinski definition) is 0. The summed E-state index contributed by atoms with van der Waals surface area (Å²) in [5.74, 6) is 0. The molecule has 2 rings (SSSR count). The molecule has 0 saturated carbocycles. The molecule has 1 aromatic rings. The van der Waals surface area contributed by atoms with Gasteiger partial charge in [-0.1, -0.05) is 51.1 Å². The molecule has 0 fully saturated rings. The highest BCUT2D eigenvalue weighted by Crippen LogP contribution is 2.37. The molecule has 86 valence electrons. The van der Waals surface area contributed by atoms with E-state index in [4.69, 9.17) is 0 Å². The number of benzene rings is 1. The molecule has 0 spiro atoms. The molecule has 1 aliphatic carbocycles. The fraction of sp³-hybridized carbons (Fsp3) is 0.500. The smallest absolute Gasteiger partial charge is 0.0225 e. The Balaban J connectivity index is 2.22. The predicted molar refractivity (Wildman–Crippen MR) is 71.4 cm³/mol. The van der Waals surface area contributed by atoms with Crippen LogP contribution in [0, 0.1) is 5.41 Å². The second-order valence-electron chi connectivity index (χ2n) is 5.65. The van der Waals surface area contributed by atoms with Crippen molar-refractivity contribution in [3.8, 4) is 0 Å². The average Bonchev–Trinajstić information content (AvgIpc) is 2.29. The van der Waals surface area contributed by atoms with Gasteiger partial charge in [-0.3, -0.25) is 0 Å². The minimum atomic E-state index is 0.506. The van der Waals surface area contributed by atoms with Crippen LogP contribution in [0.5, 0.6) is 0 Å². The number of hydrogen-bond acceptors (Lipinski definition) is 0. The van der Waals surface area contributed by atoms with Crippen LogP contribution in [0.2, 0.25) is 0 Å². The second kappa shape index (κ2) is 4.45. The normalized spacial score (nSPS) is 19.3. The van der Waals surface area contributed by atoms with E-state index >= 15 is 0 Å². The van der Waals surface area contributed by atoms with Gasteiger partial charge in [-0.2, -0.15) is 0 Å². The lowest BCUT2D eigenvalue weighted by atomic mass is 9.77. The van der Waals surface area contributed by atoms with E-state index < -0.39 is 0 Å². The zero-order valence-electron chi connectivity index (χ0n) is 10.7. The van der Waals surface area contributed by atoms with Crippen LogP contribution < -0.4 is 0 Å². The Kier molecular flexibility index (Phi) is 3.18. The molecule has 1 aliphatic rings. The minimum absolute atomic E-state index is 0.506. The fourth-order valence-corrected chi connectivity index (χ4v) is 2.33. The molecule has 1 aromatic carbocycles. The van der Waals surface area contributed by atoms with Crippen molar-refractivity contribution in [3.63, 3.8) is 0 Å². The van der Waals surface area contributed by atoms with Gasteiger partial charge in [-0.05, 0) is 47.8 Å². The van der Waals surface area contributed by atoms with Crippen molar-refractivity contribution in [2.75, 3.05) is 0 Å². The third kappa shape index (κ3) is 2.55. The molecule has 0 heterocycles. The van der Waals surface area contributed by atoms with Crippen molar-refractivity contribution >= 4 is 5.57 Å². The summed E-state index contributed by atoms with van der Waals surface area (Å²) in [4.78, 5) is 0. The summed E-state index contributed by atoms with van der Waals surface area (Å²) in [7, 11) is 0. The summed E-state index contributed by atoms with van der Waals surface area (Å²) in [5, 5.41) is 0. The minimum Gasteiger partial charge on any atom is -0.0802 e. The van der Waals surface area contributed by atoms with Crippen LogP contribution in [0.4, 0.5) is 0 Å². The van der Waals surface area contributed by atoms with E-state index in [1.807, 2.05) is 0 Å². The molecule has 0 saturated heterocycles. The van der Waals surface area contributed by atoms with E-state index in [-0.39, 0.29) is 0 Å². The molecule has 0 aromatic heterocycles. The van der Waals surface area contributed by atoms with E-state index in [9.17, 15) is 0 Å². The van der Waals surface area contributed by atoms with E-state index in [1.54, 1.807) is 5.57 Å². The van der Waals surface area contributed by atoms with Crippen LogP contribution in [0.3, 0.4) is 0 Å². The van der Waals surface area contributed by atoms with Gasteiger partial charge in [0.1, 0.15) is 0 Å². The molecule has 0 unspecified atom stereocenters. The lowest BCUT2D eigenvalue weighted by molar-refractivity contribution is 0.335. The van der Waals surface area contributed by atoms with Gasteiger partial charge in [-0.15, -0.1) is 0 Å². The Morgan fingerprint density at radius 3 is 2.69 bits per heavy atom. The molecule has 16 heavy (non-hydrogen) atoms. The Morgan fingerprint density at radius 1 is 1.25 bits per heavy atom. The standard InChI is InChI=1S/C16H22/c1-4-13-6-5-7-15(12-13)14-8-10-16(2,3)11-9-14/h5-8,12H,4,9-11H2,1-3H3. The molecule has 0 heteroatoms. The topological polar surface area (TPSA) is 0 Å². The molecule has 0 N–H and O–H groups in total. The quantitative estimate of drug-likeness (QED) is 0.660. The Hall–Kier alpha value is -1.04. The number of allylic oxidation sites excluding steroid dienone is 2. The number of aryl methyl sites for hydroxylation is 1. The summed E-state index contributed by atoms with van der Waals surface area (Å²) in [6.07, 6.45) is 7.35. The Labute approximate surface area is 99.4 Å². The second-order valence-corrected chi connectivity index (χ2v) is 5.65. The van der Waals surface area contributed by atoms with Crippen LogP contribution in [0.15, 0.2) is 30.3 Å². The van der Waals surface area contributed by atoms with Crippen molar-refractivity contribution in [1.29, 1.82) is 0 Å². The van der Waals surface area contributed by atoms with Gasteiger partial charge >= 0.3 is 0 Å². The molecule has 0 radical (unpaired) electrons. The predicted octanol–water partition coefficient (Wildman–Crippen LogP) is 4.84. The van der Waals surface area contributed by atoms with Gasteiger partial charge in [-0.25, -0.2) is 0 Å². The highest BCUT2D eigenvalue weighted by atomic mass is 14.3. The summed E-state index contributed by atoms with van der Waals surface area (Å²) in [6, 6.07) is 9.01. The lowest BCUT2D eigenvalue weighted by Gasteiger charge is -2.28. The summed E-state index contributed by atoms with van der Waals surface area (Å²) >= 11 is 0. The van der Waals surface area contributed by atoms with Gasteiger partial charge in [0.2, 0.25) is 0 Å². The van der Waals surface area contributed by atoms with Crippen LogP contribution in [-0.4, -0.2) is 0 Å². The largest absolute Gasteiger partial charge is 0.0802 e. The van der Waals surface area contributed by atoms with Gasteiger partial charge in [0.05, 0.1) is 0 Å². The summed E-state index contributed by atoms with van der Waals surface area (Å²) < 4.78 is 0. The third-order valence-corrected chi connectivity index (χ3v) is 3.68. The molecule has 0 amide bonds. The van der Waals surface area contributed by atoms with Crippen molar-refractivity contribution in [3.05, 3.63) is 41.5 Å². The maximum absolute atomic E-state index is 2.44. The lowest BCUT2D eigenvalue weighted by Crippen LogP contribution is -2.14. The van der Waals surface area contributed by atoms with Gasteiger partial charge in [0.15, 0.2) is 0 Å². The van der Waals surface area contributed by atoms with Gasteiger partial charge in [0, 0.05) is 0 Å². The molecule has 0 nitrogen and oxygen atoms in total. The van der Waals surface area contributed by atoms with Gasteiger partial charge in [0.25, 0.3) is 0 Å². The first kappa shape index (κ1) is 11.4. The monoisotopic (exact) mass is 214 g/mol. The first-order chi connectivity index (χ1) is 7.61. The van der Waals surface area contributed by atoms with Crippen LogP contribution in [0.1, 0.15) is 51.2 Å². The molecule has 0 atom stereocenters. The molecule has 0 aliphatic heterocycles. The van der Waals surface area contributed by atoms with Gasteiger partial charge < -0.3 is 0 Å². The molecular formula is C16H22. The van der Waals surface area contributed by atoms with Crippen molar-refractivity contribution in [1.82, 2.24) is 0 Å². The SMILES string of the molecule is CCc1cccc(C2=CCC(C)(C)CC2)c1. The maximum Gasteiger partial charge on any atom is -0.0225 e. The van der Waals surface area contributed by atoms with Crippen molar-refractivity contribution in [2.45, 2.75) is 46.5 Å². The van der Waals surface area contributed by atoms with Crippen LogP contribution in [-0.2, 0) is 6.42 Å². The zero-order chi connectivity index (χ0) is 11.6. The van der Waals surface area contributed by atoms with E-state index in [0.29, 0.717) is 5.41 Å².